The SMILES string of the molecule is CCCCCCCCCCCCCC(=O)Oc1ccc(C(OC(=O)CCCCCCCCCCCCC)OC(=O)CCCCCCCCCCCCC)cc1OC(=O)CCCCCCCCCCCCC. The van der Waals surface area contributed by atoms with Crippen molar-refractivity contribution < 1.29 is 38.1 Å². The minimum atomic E-state index is -1.32. The molecule has 0 saturated heterocycles. The molecule has 0 amide bonds. The van der Waals surface area contributed by atoms with E-state index in [4.69, 9.17) is 18.9 Å². The molecule has 0 unspecified atom stereocenters. The van der Waals surface area contributed by atoms with E-state index in [1.165, 1.54) is 205 Å². The summed E-state index contributed by atoms with van der Waals surface area (Å²) in [7, 11) is 0. The van der Waals surface area contributed by atoms with Crippen LogP contribution < -0.4 is 9.47 Å². The van der Waals surface area contributed by atoms with Gasteiger partial charge in [-0.3, -0.25) is 19.2 Å². The lowest BCUT2D eigenvalue weighted by Crippen LogP contribution is -2.19. The zero-order valence-corrected chi connectivity index (χ0v) is 47.0. The van der Waals surface area contributed by atoms with Crippen molar-refractivity contribution in [1.29, 1.82) is 0 Å². The zero-order valence-electron chi connectivity index (χ0n) is 47.0. The second-order valence-electron chi connectivity index (χ2n) is 21.1. The number of carbonyl (C=O) groups excluding carboxylic acids is 4. The van der Waals surface area contributed by atoms with Crippen LogP contribution in [0.2, 0.25) is 0 Å². The third-order valence-corrected chi connectivity index (χ3v) is 14.1. The maximum Gasteiger partial charge on any atom is 0.311 e. The molecule has 0 radical (unpaired) electrons. The largest absolute Gasteiger partial charge is 0.423 e. The third-order valence-electron chi connectivity index (χ3n) is 14.1. The van der Waals surface area contributed by atoms with Gasteiger partial charge in [0, 0.05) is 31.2 Å². The van der Waals surface area contributed by atoms with E-state index < -0.39 is 24.2 Å². The molecule has 412 valence electrons. The summed E-state index contributed by atoms with van der Waals surface area (Å²) in [5.41, 5.74) is 0.354. The first-order valence-corrected chi connectivity index (χ1v) is 30.8. The summed E-state index contributed by atoms with van der Waals surface area (Å²) in [4.78, 5) is 53.3. The van der Waals surface area contributed by atoms with Crippen LogP contribution in [-0.4, -0.2) is 23.9 Å². The first-order chi connectivity index (χ1) is 34.8. The molecular formula is C63H112O8. The maximum atomic E-state index is 13.4. The van der Waals surface area contributed by atoms with E-state index in [9.17, 15) is 19.2 Å². The Morgan fingerprint density at radius 3 is 0.789 bits per heavy atom. The van der Waals surface area contributed by atoms with E-state index in [0.717, 1.165) is 57.8 Å². The van der Waals surface area contributed by atoms with E-state index in [2.05, 4.69) is 27.7 Å². The topological polar surface area (TPSA) is 105 Å². The van der Waals surface area contributed by atoms with Crippen molar-refractivity contribution in [1.82, 2.24) is 0 Å². The van der Waals surface area contributed by atoms with Crippen LogP contribution in [0.1, 0.15) is 348 Å². The summed E-state index contributed by atoms with van der Waals surface area (Å²) in [5.74, 6) is -1.48. The van der Waals surface area contributed by atoms with Crippen molar-refractivity contribution in [2.45, 2.75) is 342 Å². The van der Waals surface area contributed by atoms with Gasteiger partial charge in [-0.05, 0) is 43.9 Å². The quantitative estimate of drug-likeness (QED) is 0.0275. The average Bonchev–Trinajstić information content (AvgIpc) is 3.36. The van der Waals surface area contributed by atoms with Crippen molar-refractivity contribution in [3.63, 3.8) is 0 Å². The number of esters is 4. The number of rotatable bonds is 53. The molecule has 0 N–H and O–H groups in total. The van der Waals surface area contributed by atoms with E-state index >= 15 is 0 Å². The first kappa shape index (κ1) is 66.1. The summed E-state index contributed by atoms with van der Waals surface area (Å²) in [6.45, 7) is 8.99. The molecule has 0 aliphatic rings. The van der Waals surface area contributed by atoms with E-state index in [1.54, 1.807) is 18.2 Å². The van der Waals surface area contributed by atoms with Gasteiger partial charge in [-0.25, -0.2) is 0 Å². The lowest BCUT2D eigenvalue weighted by Gasteiger charge is -2.20. The summed E-state index contributed by atoms with van der Waals surface area (Å²) < 4.78 is 23.6. The molecule has 0 fully saturated rings. The molecule has 0 spiro atoms. The van der Waals surface area contributed by atoms with Gasteiger partial charge in [0.1, 0.15) is 0 Å². The van der Waals surface area contributed by atoms with Crippen LogP contribution in [0.4, 0.5) is 0 Å². The highest BCUT2D eigenvalue weighted by atomic mass is 16.7. The number of benzene rings is 1. The van der Waals surface area contributed by atoms with E-state index in [-0.39, 0.29) is 43.2 Å². The van der Waals surface area contributed by atoms with Gasteiger partial charge in [0.25, 0.3) is 6.29 Å². The Labute approximate surface area is 437 Å². The van der Waals surface area contributed by atoms with Gasteiger partial charge in [-0.15, -0.1) is 0 Å². The molecule has 0 saturated carbocycles. The average molecular weight is 998 g/mol. The van der Waals surface area contributed by atoms with Gasteiger partial charge in [0.2, 0.25) is 0 Å². The van der Waals surface area contributed by atoms with E-state index in [0.29, 0.717) is 24.8 Å². The predicted octanol–water partition coefficient (Wildman–Crippen LogP) is 20.4. The number of ether oxygens (including phenoxy) is 4. The summed E-state index contributed by atoms with van der Waals surface area (Å²) >= 11 is 0. The molecule has 0 heterocycles. The smallest absolute Gasteiger partial charge is 0.311 e. The summed E-state index contributed by atoms with van der Waals surface area (Å²) in [6, 6.07) is 4.75. The van der Waals surface area contributed by atoms with Gasteiger partial charge in [0.15, 0.2) is 11.5 Å². The van der Waals surface area contributed by atoms with Crippen LogP contribution in [0.15, 0.2) is 18.2 Å². The lowest BCUT2D eigenvalue weighted by molar-refractivity contribution is -0.190. The van der Waals surface area contributed by atoms with E-state index in [1.807, 2.05) is 0 Å². The molecule has 0 atom stereocenters. The molecule has 1 rings (SSSR count). The Bertz CT molecular complexity index is 1350. The molecule has 0 aromatic heterocycles. The van der Waals surface area contributed by atoms with Crippen molar-refractivity contribution in [2.24, 2.45) is 0 Å². The number of hydrogen-bond donors (Lipinski definition) is 0. The zero-order chi connectivity index (χ0) is 51.5. The van der Waals surface area contributed by atoms with Crippen LogP contribution in [0.25, 0.3) is 0 Å². The van der Waals surface area contributed by atoms with Crippen LogP contribution >= 0.6 is 0 Å². The Balaban J connectivity index is 2.98. The highest BCUT2D eigenvalue weighted by Crippen LogP contribution is 2.34. The normalized spacial score (nSPS) is 11.3. The molecular weight excluding hydrogens is 885 g/mol. The molecule has 0 aliphatic carbocycles. The summed E-state index contributed by atoms with van der Waals surface area (Å²) in [6.07, 6.45) is 51.4. The monoisotopic (exact) mass is 997 g/mol. The molecule has 8 heteroatoms. The maximum absolute atomic E-state index is 13.4. The Hall–Kier alpha value is -2.90. The van der Waals surface area contributed by atoms with Gasteiger partial charge in [-0.2, -0.15) is 0 Å². The molecule has 71 heavy (non-hydrogen) atoms. The minimum absolute atomic E-state index is 0.0654. The Morgan fingerprint density at radius 2 is 0.521 bits per heavy atom. The fourth-order valence-corrected chi connectivity index (χ4v) is 9.43. The van der Waals surface area contributed by atoms with Gasteiger partial charge in [-0.1, -0.05) is 285 Å². The molecule has 0 bridgehead atoms. The van der Waals surface area contributed by atoms with Crippen molar-refractivity contribution in [3.8, 4) is 11.5 Å². The number of unbranched alkanes of at least 4 members (excludes halogenated alkanes) is 40. The molecule has 8 nitrogen and oxygen atoms in total. The van der Waals surface area contributed by atoms with Crippen molar-refractivity contribution in [3.05, 3.63) is 23.8 Å². The molecule has 0 aliphatic heterocycles. The van der Waals surface area contributed by atoms with Gasteiger partial charge in [0.05, 0.1) is 0 Å². The van der Waals surface area contributed by atoms with Gasteiger partial charge >= 0.3 is 23.9 Å². The standard InChI is InChI=1S/C63H112O8/c1-5-9-13-17-21-25-29-33-37-41-45-49-59(64)68-57-54-53-56(55-58(57)69-60(65)50-46-42-38-34-30-26-22-18-14-10-6-2)63(70-61(66)51-47-43-39-35-31-27-23-19-15-11-7-3)71-62(67)52-48-44-40-36-32-28-24-20-16-12-8-4/h53-55,63H,5-52H2,1-4H3. The number of carbonyl (C=O) groups is 4. The van der Waals surface area contributed by atoms with Gasteiger partial charge < -0.3 is 18.9 Å². The van der Waals surface area contributed by atoms with Crippen LogP contribution in [-0.2, 0) is 28.7 Å². The first-order valence-electron chi connectivity index (χ1n) is 30.8. The number of hydrogen-bond acceptors (Lipinski definition) is 8. The summed E-state index contributed by atoms with van der Waals surface area (Å²) in [5, 5.41) is 0. The minimum Gasteiger partial charge on any atom is -0.423 e. The fraction of sp³-hybridized carbons (Fsp3) is 0.841. The molecule has 1 aromatic rings. The highest BCUT2D eigenvalue weighted by Gasteiger charge is 2.25. The van der Waals surface area contributed by atoms with Crippen molar-refractivity contribution >= 4 is 23.9 Å². The lowest BCUT2D eigenvalue weighted by atomic mass is 10.1. The third kappa shape index (κ3) is 42.2. The Morgan fingerprint density at radius 1 is 0.296 bits per heavy atom. The highest BCUT2D eigenvalue weighted by molar-refractivity contribution is 5.76. The Kier molecular flexibility index (Phi) is 47.1. The van der Waals surface area contributed by atoms with Crippen LogP contribution in [0.3, 0.4) is 0 Å². The van der Waals surface area contributed by atoms with Crippen LogP contribution in [0, 0.1) is 0 Å². The van der Waals surface area contributed by atoms with Crippen LogP contribution in [0.5, 0.6) is 11.5 Å². The fourth-order valence-electron chi connectivity index (χ4n) is 9.43. The molecule has 1 aromatic carbocycles. The second kappa shape index (κ2) is 50.6. The second-order valence-corrected chi connectivity index (χ2v) is 21.1. The predicted molar refractivity (Wildman–Crippen MR) is 297 cm³/mol. The van der Waals surface area contributed by atoms with Crippen molar-refractivity contribution in [2.75, 3.05) is 0 Å².